The third-order valence-electron chi connectivity index (χ3n) is 4.66. The van der Waals surface area contributed by atoms with Crippen molar-refractivity contribution in [1.29, 1.82) is 0 Å². The van der Waals surface area contributed by atoms with E-state index in [4.69, 9.17) is 4.42 Å². The lowest BCUT2D eigenvalue weighted by Gasteiger charge is -1.98. The van der Waals surface area contributed by atoms with Crippen LogP contribution in [0, 0.1) is 0 Å². The maximum Gasteiger partial charge on any atom is 0.273 e. The highest BCUT2D eigenvalue weighted by atomic mass is 16.3. The van der Waals surface area contributed by atoms with Crippen LogP contribution >= 0.6 is 0 Å². The normalized spacial score (nSPS) is 15.8. The van der Waals surface area contributed by atoms with E-state index in [1.807, 2.05) is 72.4 Å². The predicted molar refractivity (Wildman–Crippen MR) is 102 cm³/mol. The largest absolute Gasteiger partial charge is 0.454 e. The van der Waals surface area contributed by atoms with Crippen LogP contribution in [0.25, 0.3) is 27.9 Å². The second-order valence-electron chi connectivity index (χ2n) is 6.32. The summed E-state index contributed by atoms with van der Waals surface area (Å²) in [5, 5.41) is 6.26. The molecule has 1 amide bonds. The molecule has 0 spiro atoms. The Morgan fingerprint density at radius 1 is 1.12 bits per heavy atom. The van der Waals surface area contributed by atoms with Gasteiger partial charge in [-0.15, -0.1) is 0 Å². The maximum atomic E-state index is 12.4. The van der Waals surface area contributed by atoms with E-state index in [1.54, 1.807) is 0 Å². The second kappa shape index (κ2) is 5.46. The number of aromatic nitrogens is 1. The average molecular weight is 341 g/mol. The fraction of sp³-hybridized carbons (Fsp3) is 0.0476. The molecule has 0 atom stereocenters. The number of nitrogens with one attached hydrogen (secondary N) is 1. The second-order valence-corrected chi connectivity index (χ2v) is 6.32. The zero-order valence-electron chi connectivity index (χ0n) is 14.1. The zero-order chi connectivity index (χ0) is 17.7. The fourth-order valence-corrected chi connectivity index (χ4v) is 3.40. The number of furan rings is 1. The molecule has 5 nitrogen and oxygen atoms in total. The van der Waals surface area contributed by atoms with E-state index in [0.29, 0.717) is 17.0 Å². The fourth-order valence-electron chi connectivity index (χ4n) is 3.40. The van der Waals surface area contributed by atoms with Crippen LogP contribution in [0.15, 0.2) is 75.9 Å². The lowest BCUT2D eigenvalue weighted by Crippen LogP contribution is -2.13. The number of para-hydroxylation sites is 2. The van der Waals surface area contributed by atoms with Gasteiger partial charge in [-0.3, -0.25) is 4.79 Å². The molecule has 2 aromatic heterocycles. The minimum atomic E-state index is -0.228. The van der Waals surface area contributed by atoms with E-state index in [1.165, 1.54) is 0 Å². The van der Waals surface area contributed by atoms with Gasteiger partial charge in [0.05, 0.1) is 5.57 Å². The number of amides is 1. The van der Waals surface area contributed by atoms with Crippen molar-refractivity contribution < 1.29 is 9.21 Å². The first-order chi connectivity index (χ1) is 12.7. The zero-order valence-corrected chi connectivity index (χ0v) is 14.1. The standard InChI is InChI=1S/C21H15N3O2/c1-24-12-14(15-7-3-4-8-17(15)24)10-16-20(22-23-21(16)25)19-11-13-6-2-5-9-18(13)26-19/h2-12H,1H3,(H,23,25)/b16-10-. The molecule has 0 saturated carbocycles. The Hall–Kier alpha value is -3.60. The van der Waals surface area contributed by atoms with Crippen molar-refractivity contribution in [2.45, 2.75) is 0 Å². The Bertz CT molecular complexity index is 1210. The molecule has 1 aliphatic heterocycles. The van der Waals surface area contributed by atoms with Crippen LogP contribution in [0.2, 0.25) is 0 Å². The van der Waals surface area contributed by atoms with Gasteiger partial charge in [-0.2, -0.15) is 5.10 Å². The van der Waals surface area contributed by atoms with Crippen LogP contribution < -0.4 is 5.43 Å². The molecule has 0 unspecified atom stereocenters. The maximum absolute atomic E-state index is 12.4. The van der Waals surface area contributed by atoms with Gasteiger partial charge in [0, 0.05) is 35.1 Å². The molecule has 2 aromatic carbocycles. The van der Waals surface area contributed by atoms with E-state index in [9.17, 15) is 4.79 Å². The van der Waals surface area contributed by atoms with Crippen LogP contribution in [0.1, 0.15) is 11.3 Å². The third kappa shape index (κ3) is 2.18. The Morgan fingerprint density at radius 2 is 1.92 bits per heavy atom. The van der Waals surface area contributed by atoms with Gasteiger partial charge in [-0.1, -0.05) is 36.4 Å². The summed E-state index contributed by atoms with van der Waals surface area (Å²) in [5.74, 6) is 0.351. The molecule has 1 aliphatic rings. The van der Waals surface area contributed by atoms with Crippen molar-refractivity contribution >= 4 is 39.6 Å². The summed E-state index contributed by atoms with van der Waals surface area (Å²) < 4.78 is 7.94. The monoisotopic (exact) mass is 341 g/mol. The summed E-state index contributed by atoms with van der Waals surface area (Å²) in [4.78, 5) is 12.4. The number of rotatable bonds is 2. The van der Waals surface area contributed by atoms with Crippen LogP contribution in [0.3, 0.4) is 0 Å². The smallest absolute Gasteiger partial charge is 0.273 e. The Kier molecular flexibility index (Phi) is 3.09. The third-order valence-corrected chi connectivity index (χ3v) is 4.66. The summed E-state index contributed by atoms with van der Waals surface area (Å²) in [6, 6.07) is 17.8. The number of aryl methyl sites for hydroxylation is 1. The Balaban J connectivity index is 1.65. The molecule has 26 heavy (non-hydrogen) atoms. The van der Waals surface area contributed by atoms with Crippen molar-refractivity contribution in [3.63, 3.8) is 0 Å². The van der Waals surface area contributed by atoms with E-state index in [2.05, 4.69) is 16.6 Å². The summed E-state index contributed by atoms with van der Waals surface area (Å²) >= 11 is 0. The molecule has 0 bridgehead atoms. The molecular weight excluding hydrogens is 326 g/mol. The first-order valence-electron chi connectivity index (χ1n) is 8.34. The number of fused-ring (bicyclic) bond motifs is 2. The quantitative estimate of drug-likeness (QED) is 0.563. The van der Waals surface area contributed by atoms with Gasteiger partial charge < -0.3 is 8.98 Å². The Morgan fingerprint density at radius 3 is 2.81 bits per heavy atom. The molecule has 0 saturated heterocycles. The average Bonchev–Trinajstić information content (AvgIpc) is 3.32. The van der Waals surface area contributed by atoms with Crippen LogP contribution in [0.5, 0.6) is 0 Å². The van der Waals surface area contributed by atoms with Crippen molar-refractivity contribution in [2.75, 3.05) is 0 Å². The van der Waals surface area contributed by atoms with E-state index in [0.717, 1.165) is 27.4 Å². The van der Waals surface area contributed by atoms with Gasteiger partial charge in [0.25, 0.3) is 5.91 Å². The first-order valence-corrected chi connectivity index (χ1v) is 8.34. The summed E-state index contributed by atoms with van der Waals surface area (Å²) in [7, 11) is 1.99. The first kappa shape index (κ1) is 14.7. The molecule has 0 fully saturated rings. The molecule has 3 heterocycles. The van der Waals surface area contributed by atoms with Gasteiger partial charge in [0.2, 0.25) is 0 Å². The van der Waals surface area contributed by atoms with Crippen LogP contribution in [0.4, 0.5) is 0 Å². The number of carbonyl (C=O) groups is 1. The molecular formula is C21H15N3O2. The Labute approximate surface area is 149 Å². The van der Waals surface area contributed by atoms with Crippen LogP contribution in [-0.4, -0.2) is 16.2 Å². The van der Waals surface area contributed by atoms with Gasteiger partial charge >= 0.3 is 0 Å². The van der Waals surface area contributed by atoms with Crippen molar-refractivity contribution in [1.82, 2.24) is 9.99 Å². The van der Waals surface area contributed by atoms with Crippen molar-refractivity contribution in [2.24, 2.45) is 12.1 Å². The highest BCUT2D eigenvalue weighted by molar-refractivity contribution is 6.33. The molecule has 0 aliphatic carbocycles. The van der Waals surface area contributed by atoms with Gasteiger partial charge in [0.15, 0.2) is 5.76 Å². The number of hydrazone groups is 1. The number of benzene rings is 2. The highest BCUT2D eigenvalue weighted by Gasteiger charge is 2.27. The highest BCUT2D eigenvalue weighted by Crippen LogP contribution is 2.27. The lowest BCUT2D eigenvalue weighted by molar-refractivity contribution is -0.116. The minimum Gasteiger partial charge on any atom is -0.454 e. The molecule has 4 aromatic rings. The lowest BCUT2D eigenvalue weighted by atomic mass is 10.0. The SMILES string of the molecule is Cn1cc(/C=C2\C(=O)NN=C2c2cc3ccccc3o2)c2ccccc21. The number of hydrogen-bond acceptors (Lipinski definition) is 3. The summed E-state index contributed by atoms with van der Waals surface area (Å²) in [5.41, 5.74) is 6.43. The van der Waals surface area contributed by atoms with E-state index < -0.39 is 0 Å². The number of nitrogens with zero attached hydrogens (tertiary/aromatic N) is 2. The van der Waals surface area contributed by atoms with Gasteiger partial charge in [0.1, 0.15) is 11.3 Å². The topological polar surface area (TPSA) is 59.5 Å². The van der Waals surface area contributed by atoms with Crippen LogP contribution in [-0.2, 0) is 11.8 Å². The van der Waals surface area contributed by atoms with Crippen molar-refractivity contribution in [3.05, 3.63) is 77.7 Å². The van der Waals surface area contributed by atoms with Gasteiger partial charge in [-0.25, -0.2) is 5.43 Å². The van der Waals surface area contributed by atoms with Gasteiger partial charge in [-0.05, 0) is 24.3 Å². The summed E-state index contributed by atoms with van der Waals surface area (Å²) in [6.07, 6.45) is 3.89. The van der Waals surface area contributed by atoms with Crippen molar-refractivity contribution in [3.8, 4) is 0 Å². The van der Waals surface area contributed by atoms with E-state index >= 15 is 0 Å². The molecule has 126 valence electrons. The summed E-state index contributed by atoms with van der Waals surface area (Å²) in [6.45, 7) is 0. The minimum absolute atomic E-state index is 0.228. The van der Waals surface area contributed by atoms with E-state index in [-0.39, 0.29) is 5.91 Å². The predicted octanol–water partition coefficient (Wildman–Crippen LogP) is 3.84. The number of carbonyl (C=O) groups excluding carboxylic acids is 1. The number of hydrogen-bond donors (Lipinski definition) is 1. The molecule has 1 N–H and O–H groups in total. The molecule has 5 rings (SSSR count). The molecule has 0 radical (unpaired) electrons. The molecule has 5 heteroatoms.